The van der Waals surface area contributed by atoms with Crippen molar-refractivity contribution in [3.05, 3.63) is 74.2 Å². The van der Waals surface area contributed by atoms with E-state index in [4.69, 9.17) is 0 Å². The van der Waals surface area contributed by atoms with E-state index in [1.54, 1.807) is 17.4 Å². The molecule has 0 fully saturated rings. The predicted molar refractivity (Wildman–Crippen MR) is 96.2 cm³/mol. The first-order chi connectivity index (χ1) is 10.2. The van der Waals surface area contributed by atoms with Crippen molar-refractivity contribution in [2.75, 3.05) is 5.32 Å². The van der Waals surface area contributed by atoms with Crippen LogP contribution in [0.2, 0.25) is 0 Å². The summed E-state index contributed by atoms with van der Waals surface area (Å²) in [5.74, 6) is -0.201. The molecule has 0 spiro atoms. The van der Waals surface area contributed by atoms with Crippen LogP contribution >= 0.6 is 33.9 Å². The highest BCUT2D eigenvalue weighted by atomic mass is 127. The molecule has 4 heteroatoms. The molecule has 0 aliphatic rings. The molecule has 0 amide bonds. The van der Waals surface area contributed by atoms with E-state index in [2.05, 4.69) is 51.5 Å². The van der Waals surface area contributed by atoms with E-state index >= 15 is 0 Å². The quantitative estimate of drug-likeness (QED) is 0.540. The number of nitrogens with one attached hydrogen (secondary N) is 1. The van der Waals surface area contributed by atoms with Gasteiger partial charge in [-0.25, -0.2) is 4.39 Å². The van der Waals surface area contributed by atoms with Crippen LogP contribution in [0.5, 0.6) is 0 Å². The number of thiophene rings is 1. The van der Waals surface area contributed by atoms with Crippen molar-refractivity contribution in [3.8, 4) is 11.1 Å². The summed E-state index contributed by atoms with van der Waals surface area (Å²) in [4.78, 5) is 1.26. The zero-order valence-corrected chi connectivity index (χ0v) is 14.1. The van der Waals surface area contributed by atoms with Gasteiger partial charge in [0.15, 0.2) is 0 Å². The molecule has 0 saturated carbocycles. The van der Waals surface area contributed by atoms with Crippen molar-refractivity contribution < 1.29 is 4.39 Å². The number of benzene rings is 2. The lowest BCUT2D eigenvalue weighted by molar-refractivity contribution is 0.627. The van der Waals surface area contributed by atoms with Crippen LogP contribution in [0.25, 0.3) is 11.1 Å². The van der Waals surface area contributed by atoms with Crippen LogP contribution in [-0.4, -0.2) is 0 Å². The SMILES string of the molecule is Fc1ccc(NCc2cc(-c3ccccc3)cs2)c(I)c1. The molecule has 0 radical (unpaired) electrons. The maximum absolute atomic E-state index is 13.1. The molecular formula is C17H13FINS. The molecule has 0 saturated heterocycles. The summed E-state index contributed by atoms with van der Waals surface area (Å²) in [6.45, 7) is 0.749. The van der Waals surface area contributed by atoms with Crippen LogP contribution < -0.4 is 5.32 Å². The molecule has 0 aliphatic heterocycles. The summed E-state index contributed by atoms with van der Waals surface area (Å²) < 4.78 is 14.0. The number of hydrogen-bond acceptors (Lipinski definition) is 2. The number of rotatable bonds is 4. The van der Waals surface area contributed by atoms with Crippen molar-refractivity contribution in [2.45, 2.75) is 6.54 Å². The molecule has 0 unspecified atom stereocenters. The van der Waals surface area contributed by atoms with Crippen molar-refractivity contribution in [2.24, 2.45) is 0 Å². The van der Waals surface area contributed by atoms with Crippen LogP contribution in [-0.2, 0) is 6.54 Å². The monoisotopic (exact) mass is 409 g/mol. The van der Waals surface area contributed by atoms with Gasteiger partial charge in [-0.1, -0.05) is 30.3 Å². The average Bonchev–Trinajstić information content (AvgIpc) is 2.96. The first-order valence-electron chi connectivity index (χ1n) is 6.54. The Morgan fingerprint density at radius 2 is 1.81 bits per heavy atom. The summed E-state index contributed by atoms with van der Waals surface area (Å²) >= 11 is 3.88. The highest BCUT2D eigenvalue weighted by molar-refractivity contribution is 14.1. The van der Waals surface area contributed by atoms with E-state index < -0.39 is 0 Å². The molecule has 0 bridgehead atoms. The number of hydrogen-bond donors (Lipinski definition) is 1. The minimum absolute atomic E-state index is 0.201. The summed E-state index contributed by atoms with van der Waals surface area (Å²) in [6, 6.07) is 17.3. The van der Waals surface area contributed by atoms with Crippen LogP contribution in [0.15, 0.2) is 60.0 Å². The Labute approximate surface area is 141 Å². The zero-order chi connectivity index (χ0) is 14.7. The van der Waals surface area contributed by atoms with Gasteiger partial charge in [0.1, 0.15) is 5.82 Å². The number of anilines is 1. The van der Waals surface area contributed by atoms with Gasteiger partial charge in [-0.15, -0.1) is 11.3 Å². The van der Waals surface area contributed by atoms with Crippen molar-refractivity contribution in [1.82, 2.24) is 0 Å². The van der Waals surface area contributed by atoms with Crippen molar-refractivity contribution in [1.29, 1.82) is 0 Å². The van der Waals surface area contributed by atoms with Gasteiger partial charge in [-0.05, 0) is 63.4 Å². The fourth-order valence-electron chi connectivity index (χ4n) is 2.07. The normalized spacial score (nSPS) is 10.6. The van der Waals surface area contributed by atoms with E-state index in [1.165, 1.54) is 28.1 Å². The molecular weight excluding hydrogens is 396 g/mol. The van der Waals surface area contributed by atoms with Gasteiger partial charge < -0.3 is 5.32 Å². The Morgan fingerprint density at radius 1 is 1.00 bits per heavy atom. The Balaban J connectivity index is 1.70. The standard InChI is InChI=1S/C17H13FINS/c18-14-6-7-17(16(19)9-14)20-10-15-8-13(11-21-15)12-4-2-1-3-5-12/h1-9,11,20H,10H2. The van der Waals surface area contributed by atoms with E-state index in [1.807, 2.05) is 18.2 Å². The minimum Gasteiger partial charge on any atom is -0.379 e. The van der Waals surface area contributed by atoms with Gasteiger partial charge in [0.25, 0.3) is 0 Å². The third-order valence-corrected chi connectivity index (χ3v) is 4.97. The van der Waals surface area contributed by atoms with Crippen LogP contribution in [0.4, 0.5) is 10.1 Å². The van der Waals surface area contributed by atoms with Crippen LogP contribution in [0.1, 0.15) is 4.88 Å². The average molecular weight is 409 g/mol. The molecule has 3 rings (SSSR count). The maximum atomic E-state index is 13.1. The van der Waals surface area contributed by atoms with Gasteiger partial charge >= 0.3 is 0 Å². The molecule has 106 valence electrons. The second kappa shape index (κ2) is 6.58. The molecule has 1 nitrogen and oxygen atoms in total. The molecule has 1 aromatic heterocycles. The van der Waals surface area contributed by atoms with Gasteiger partial charge in [0.2, 0.25) is 0 Å². The Kier molecular flexibility index (Phi) is 4.55. The Hall–Kier alpha value is -1.40. The van der Waals surface area contributed by atoms with Crippen molar-refractivity contribution >= 4 is 39.6 Å². The van der Waals surface area contributed by atoms with Gasteiger partial charge in [-0.2, -0.15) is 0 Å². The largest absolute Gasteiger partial charge is 0.379 e. The summed E-state index contributed by atoms with van der Waals surface area (Å²) in [6.07, 6.45) is 0. The first-order valence-corrected chi connectivity index (χ1v) is 8.50. The van der Waals surface area contributed by atoms with Gasteiger partial charge in [0.05, 0.1) is 0 Å². The third-order valence-electron chi connectivity index (χ3n) is 3.15. The molecule has 1 N–H and O–H groups in total. The molecule has 2 aromatic carbocycles. The molecule has 21 heavy (non-hydrogen) atoms. The molecule has 0 aliphatic carbocycles. The second-order valence-corrected chi connectivity index (χ2v) is 6.80. The highest BCUT2D eigenvalue weighted by Crippen LogP contribution is 2.26. The summed E-state index contributed by atoms with van der Waals surface area (Å²) in [5, 5.41) is 5.53. The summed E-state index contributed by atoms with van der Waals surface area (Å²) in [5.41, 5.74) is 3.44. The zero-order valence-electron chi connectivity index (χ0n) is 11.1. The smallest absolute Gasteiger partial charge is 0.124 e. The van der Waals surface area contributed by atoms with Crippen LogP contribution in [0, 0.1) is 9.39 Å². The third kappa shape index (κ3) is 3.63. The van der Waals surface area contributed by atoms with E-state index in [9.17, 15) is 4.39 Å². The van der Waals surface area contributed by atoms with Gasteiger partial charge in [0, 0.05) is 20.7 Å². The molecule has 3 aromatic rings. The Bertz CT molecular complexity index is 740. The first kappa shape index (κ1) is 14.5. The Morgan fingerprint density at radius 3 is 2.57 bits per heavy atom. The fraction of sp³-hybridized carbons (Fsp3) is 0.0588. The lowest BCUT2D eigenvalue weighted by atomic mass is 10.1. The molecule has 0 atom stereocenters. The number of halogens is 2. The lowest BCUT2D eigenvalue weighted by Crippen LogP contribution is -1.99. The van der Waals surface area contributed by atoms with Crippen LogP contribution in [0.3, 0.4) is 0 Å². The van der Waals surface area contributed by atoms with E-state index in [0.717, 1.165) is 15.8 Å². The predicted octanol–water partition coefficient (Wildman–Crippen LogP) is 5.77. The fourth-order valence-corrected chi connectivity index (χ4v) is 3.57. The van der Waals surface area contributed by atoms with Crippen molar-refractivity contribution in [3.63, 3.8) is 0 Å². The molecule has 1 heterocycles. The van der Waals surface area contributed by atoms with Gasteiger partial charge in [-0.3, -0.25) is 0 Å². The maximum Gasteiger partial charge on any atom is 0.124 e. The minimum atomic E-state index is -0.201. The van der Waals surface area contributed by atoms with E-state index in [-0.39, 0.29) is 5.82 Å². The highest BCUT2D eigenvalue weighted by Gasteiger charge is 2.04. The van der Waals surface area contributed by atoms with E-state index in [0.29, 0.717) is 0 Å². The summed E-state index contributed by atoms with van der Waals surface area (Å²) in [7, 11) is 0. The lowest BCUT2D eigenvalue weighted by Gasteiger charge is -2.07. The topological polar surface area (TPSA) is 12.0 Å². The second-order valence-electron chi connectivity index (χ2n) is 4.65.